The van der Waals surface area contributed by atoms with E-state index in [1.165, 1.54) is 270 Å². The number of unbranched alkanes of at least 4 members (excludes halogenated alkanes) is 46. The first kappa shape index (κ1) is 95.0. The Hall–Kier alpha value is -2.25. The normalized spacial score (nSPS) is 26.2. The number of rotatable bonds is 68. The number of aliphatic hydroxyl groups excluding tert-OH is 11. The van der Waals surface area contributed by atoms with Crippen LogP contribution in [0.15, 0.2) is 48.6 Å². The van der Waals surface area contributed by atoms with E-state index in [1.54, 1.807) is 6.08 Å². The molecular weight excluding hydrogens is 1310 g/mol. The maximum absolute atomic E-state index is 13.5. The Balaban J connectivity index is 1.33. The lowest BCUT2D eigenvalue weighted by atomic mass is 9.96. The van der Waals surface area contributed by atoms with Crippen molar-refractivity contribution >= 4 is 5.91 Å². The lowest BCUT2D eigenvalue weighted by Gasteiger charge is -2.48. The molecule has 19 heteroatoms. The maximum atomic E-state index is 13.5. The van der Waals surface area contributed by atoms with Gasteiger partial charge in [0.1, 0.15) is 73.2 Å². The van der Waals surface area contributed by atoms with Crippen LogP contribution in [-0.4, -0.2) is 193 Å². The van der Waals surface area contributed by atoms with Crippen LogP contribution in [0.3, 0.4) is 0 Å². The molecule has 0 aromatic heterocycles. The van der Waals surface area contributed by atoms with Crippen LogP contribution in [0.1, 0.15) is 348 Å². The Morgan fingerprint density at radius 3 is 0.971 bits per heavy atom. The number of allylic oxidation sites excluding steroid dienone is 7. The number of carbonyl (C=O) groups excluding carboxylic acids is 1. The Kier molecular flexibility index (Phi) is 59.5. The van der Waals surface area contributed by atoms with Gasteiger partial charge in [0, 0.05) is 6.42 Å². The zero-order valence-corrected chi connectivity index (χ0v) is 64.8. The van der Waals surface area contributed by atoms with E-state index < -0.39 is 124 Å². The van der Waals surface area contributed by atoms with E-state index >= 15 is 0 Å². The van der Waals surface area contributed by atoms with E-state index in [0.717, 1.165) is 44.9 Å². The quantitative estimate of drug-likeness (QED) is 0.0199. The molecule has 12 N–H and O–H groups in total. The first-order chi connectivity index (χ1) is 50.3. The third kappa shape index (κ3) is 44.3. The van der Waals surface area contributed by atoms with Gasteiger partial charge < -0.3 is 89.9 Å². The summed E-state index contributed by atoms with van der Waals surface area (Å²) in [5.74, 6) is -0.283. The third-order valence-corrected chi connectivity index (χ3v) is 21.1. The molecule has 17 atom stereocenters. The fraction of sp³-hybridized carbons (Fsp3) is 0.893. The van der Waals surface area contributed by atoms with Gasteiger partial charge in [0.2, 0.25) is 5.91 Å². The van der Waals surface area contributed by atoms with Gasteiger partial charge in [-0.1, -0.05) is 319 Å². The van der Waals surface area contributed by atoms with Crippen molar-refractivity contribution in [1.29, 1.82) is 0 Å². The third-order valence-electron chi connectivity index (χ3n) is 21.1. The molecule has 103 heavy (non-hydrogen) atoms. The summed E-state index contributed by atoms with van der Waals surface area (Å²) in [4.78, 5) is 13.5. The van der Waals surface area contributed by atoms with E-state index in [4.69, 9.17) is 28.4 Å². The van der Waals surface area contributed by atoms with Gasteiger partial charge in [-0.3, -0.25) is 4.79 Å². The van der Waals surface area contributed by atoms with Crippen molar-refractivity contribution in [3.05, 3.63) is 48.6 Å². The minimum atomic E-state index is -1.98. The number of amides is 1. The maximum Gasteiger partial charge on any atom is 0.220 e. The van der Waals surface area contributed by atoms with Gasteiger partial charge in [-0.15, -0.1) is 0 Å². The molecule has 0 aromatic carbocycles. The highest BCUT2D eigenvalue weighted by Crippen LogP contribution is 2.33. The van der Waals surface area contributed by atoms with E-state index in [2.05, 4.69) is 55.6 Å². The molecule has 0 radical (unpaired) electrons. The number of aliphatic hydroxyl groups is 11. The summed E-state index contributed by atoms with van der Waals surface area (Å²) < 4.78 is 34.4. The summed E-state index contributed by atoms with van der Waals surface area (Å²) in [6, 6.07) is -0.997. The fourth-order valence-corrected chi connectivity index (χ4v) is 14.3. The number of hydrogen-bond acceptors (Lipinski definition) is 18. The minimum absolute atomic E-state index is 0.235. The Morgan fingerprint density at radius 2 is 0.621 bits per heavy atom. The minimum Gasteiger partial charge on any atom is -0.394 e. The van der Waals surface area contributed by atoms with E-state index in [1.807, 2.05) is 6.08 Å². The zero-order chi connectivity index (χ0) is 74.6. The lowest BCUT2D eigenvalue weighted by molar-refractivity contribution is -0.379. The van der Waals surface area contributed by atoms with E-state index in [9.17, 15) is 61.0 Å². The summed E-state index contributed by atoms with van der Waals surface area (Å²) in [6.45, 7) is 1.75. The monoisotopic (exact) mass is 1470 g/mol. The summed E-state index contributed by atoms with van der Waals surface area (Å²) in [7, 11) is 0. The second kappa shape index (κ2) is 64.6. The number of ether oxygens (including phenoxy) is 6. The topological polar surface area (TPSA) is 307 Å². The first-order valence-electron chi connectivity index (χ1n) is 42.4. The van der Waals surface area contributed by atoms with Crippen molar-refractivity contribution in [1.82, 2.24) is 5.32 Å². The van der Waals surface area contributed by atoms with Gasteiger partial charge in [0.25, 0.3) is 0 Å². The van der Waals surface area contributed by atoms with Gasteiger partial charge >= 0.3 is 0 Å². The molecule has 0 saturated carbocycles. The molecule has 3 rings (SSSR count). The van der Waals surface area contributed by atoms with Crippen LogP contribution in [0.5, 0.6) is 0 Å². The Morgan fingerprint density at radius 1 is 0.340 bits per heavy atom. The predicted molar refractivity (Wildman–Crippen MR) is 411 cm³/mol. The summed E-state index contributed by atoms with van der Waals surface area (Å²) in [5.41, 5.74) is 0. The molecule has 0 aromatic rings. The highest BCUT2D eigenvalue weighted by atomic mass is 16.8. The summed E-state index contributed by atoms with van der Waals surface area (Å²) in [5, 5.41) is 121. The first-order valence-corrected chi connectivity index (χ1v) is 42.4. The molecule has 3 heterocycles. The molecule has 0 spiro atoms. The van der Waals surface area contributed by atoms with Crippen molar-refractivity contribution < 1.29 is 89.4 Å². The van der Waals surface area contributed by atoms with E-state index in [0.29, 0.717) is 12.8 Å². The lowest BCUT2D eigenvalue weighted by Crippen LogP contribution is -2.66. The molecule has 3 aliphatic rings. The Labute approximate surface area is 624 Å². The van der Waals surface area contributed by atoms with Crippen molar-refractivity contribution in [2.45, 2.75) is 452 Å². The standard InChI is InChI=1S/C84H155NO18/c1-3-5-7-9-11-13-15-17-19-21-23-25-26-27-28-29-30-31-32-33-34-35-36-37-38-39-40-42-44-46-48-50-52-54-56-58-60-62-72(90)85-67(68(89)61-59-57-55-53-51-49-47-45-43-41-24-22-20-18-16-14-12-10-8-6-4-2)66-98-82-78(96)75(93)80(70(64-87)100-82)103-84-79(97)76(94)81(71(65-88)101-84)102-83-77(95)74(92)73(91)69(63-86)99-83/h21,23,43,45,51,53,59,61,67-71,73-84,86-89,91-97H,3-20,22,24-42,44,46-50,52,54-58,60,62-66H2,1-2H3,(H,85,90)/b23-21-,45-43+,53-51+,61-59+. The van der Waals surface area contributed by atoms with Gasteiger partial charge in [-0.05, 0) is 70.6 Å². The molecule has 3 fully saturated rings. The summed E-state index contributed by atoms with van der Waals surface area (Å²) in [6.07, 6.45) is 55.6. The molecule has 17 unspecified atom stereocenters. The highest BCUT2D eigenvalue weighted by Gasteiger charge is 2.54. The van der Waals surface area contributed by atoms with Gasteiger partial charge in [0.05, 0.1) is 38.6 Å². The van der Waals surface area contributed by atoms with Crippen molar-refractivity contribution in [2.24, 2.45) is 0 Å². The number of nitrogens with one attached hydrogen (secondary N) is 1. The zero-order valence-electron chi connectivity index (χ0n) is 64.8. The van der Waals surface area contributed by atoms with Crippen molar-refractivity contribution in [2.75, 3.05) is 26.4 Å². The Bertz CT molecular complexity index is 2050. The average molecular weight is 1470 g/mol. The SMILES string of the molecule is CCCCCCCCCC/C=C\CCCCCCCCCCCCCCCCCCCCCCCCCCCC(=O)NC(COC1OC(CO)C(OC2OC(CO)C(OC3OC(CO)C(O)C(O)C3O)C(O)C2O)C(O)C1O)C(O)/C=C/CC/C=C/CC/C=C/CCCCCCCCCCCCC. The van der Waals surface area contributed by atoms with Crippen LogP contribution >= 0.6 is 0 Å². The average Bonchev–Trinajstić information content (AvgIpc) is 0.781. The summed E-state index contributed by atoms with van der Waals surface area (Å²) >= 11 is 0. The number of carbonyl (C=O) groups is 1. The predicted octanol–water partition coefficient (Wildman–Crippen LogP) is 14.8. The highest BCUT2D eigenvalue weighted by molar-refractivity contribution is 5.76. The molecule has 604 valence electrons. The van der Waals surface area contributed by atoms with Crippen molar-refractivity contribution in [3.63, 3.8) is 0 Å². The van der Waals surface area contributed by atoms with Crippen LogP contribution in [-0.2, 0) is 33.2 Å². The second-order valence-electron chi connectivity index (χ2n) is 30.3. The molecule has 3 saturated heterocycles. The fourth-order valence-electron chi connectivity index (χ4n) is 14.3. The molecule has 0 bridgehead atoms. The van der Waals surface area contributed by atoms with Gasteiger partial charge in [-0.25, -0.2) is 0 Å². The smallest absolute Gasteiger partial charge is 0.220 e. The van der Waals surface area contributed by atoms with Crippen LogP contribution < -0.4 is 5.32 Å². The van der Waals surface area contributed by atoms with Crippen LogP contribution in [0.2, 0.25) is 0 Å². The second-order valence-corrected chi connectivity index (χ2v) is 30.3. The molecule has 3 aliphatic heterocycles. The number of hydrogen-bond donors (Lipinski definition) is 12. The van der Waals surface area contributed by atoms with Crippen LogP contribution in [0.25, 0.3) is 0 Å². The van der Waals surface area contributed by atoms with Gasteiger partial charge in [0.15, 0.2) is 18.9 Å². The van der Waals surface area contributed by atoms with Gasteiger partial charge in [-0.2, -0.15) is 0 Å². The van der Waals surface area contributed by atoms with Crippen LogP contribution in [0, 0.1) is 0 Å². The van der Waals surface area contributed by atoms with Crippen molar-refractivity contribution in [3.8, 4) is 0 Å². The largest absolute Gasteiger partial charge is 0.394 e. The molecular formula is C84H155NO18. The van der Waals surface area contributed by atoms with E-state index in [-0.39, 0.29) is 18.9 Å². The van der Waals surface area contributed by atoms with Crippen LogP contribution in [0.4, 0.5) is 0 Å². The molecule has 19 nitrogen and oxygen atoms in total. The molecule has 0 aliphatic carbocycles. The molecule has 1 amide bonds.